The lowest BCUT2D eigenvalue weighted by atomic mass is 9.86. The zero-order valence-electron chi connectivity index (χ0n) is 17.5. The Bertz CT molecular complexity index is 981. The Hall–Kier alpha value is -2.77. The lowest BCUT2D eigenvalue weighted by Crippen LogP contribution is -2.44. The first-order chi connectivity index (χ1) is 14.7. The first-order valence-electron chi connectivity index (χ1n) is 9.87. The highest BCUT2D eigenvalue weighted by Crippen LogP contribution is 2.50. The molecule has 2 amide bonds. The Labute approximate surface area is 181 Å². The van der Waals surface area contributed by atoms with Crippen molar-refractivity contribution in [3.05, 3.63) is 24.3 Å². The molecule has 2 N–H and O–H groups in total. The van der Waals surface area contributed by atoms with Crippen LogP contribution in [0.1, 0.15) is 19.8 Å². The first-order valence-corrected chi connectivity index (χ1v) is 11.5. The molecule has 1 aliphatic heterocycles. The average Bonchev–Trinajstić information content (AvgIpc) is 3.29. The summed E-state index contributed by atoms with van der Waals surface area (Å²) in [5, 5.41) is 9.30. The summed E-state index contributed by atoms with van der Waals surface area (Å²) in [6, 6.07) is 5.95. The lowest BCUT2D eigenvalue weighted by Gasteiger charge is -2.28. The molecule has 0 aromatic heterocycles. The minimum atomic E-state index is -3.83. The molecule has 10 heteroatoms. The molecule has 0 spiro atoms. The van der Waals surface area contributed by atoms with Crippen molar-refractivity contribution in [2.75, 3.05) is 32.6 Å². The van der Waals surface area contributed by atoms with E-state index in [1.54, 1.807) is 29.4 Å². The summed E-state index contributed by atoms with van der Waals surface area (Å²) in [4.78, 5) is 26.0. The van der Waals surface area contributed by atoms with E-state index in [-0.39, 0.29) is 36.2 Å². The summed E-state index contributed by atoms with van der Waals surface area (Å²) in [5.41, 5.74) is 0.386. The number of benzene rings is 1. The number of sulfone groups is 1. The van der Waals surface area contributed by atoms with Crippen molar-refractivity contribution in [2.45, 2.75) is 24.7 Å². The molecule has 1 saturated heterocycles. The van der Waals surface area contributed by atoms with Crippen LogP contribution in [0, 0.1) is 29.1 Å². The Kier molecular flexibility index (Phi) is 6.77. The van der Waals surface area contributed by atoms with Crippen molar-refractivity contribution in [3.8, 4) is 17.6 Å². The number of likely N-dealkylation sites (tertiary alicyclic amines) is 1. The summed E-state index contributed by atoms with van der Waals surface area (Å²) in [7, 11) is -2.52. The number of nitrogens with zero attached hydrogens (tertiary/aromatic N) is 1. The molecule has 9 nitrogen and oxygen atoms in total. The van der Waals surface area contributed by atoms with Crippen molar-refractivity contribution in [1.29, 1.82) is 0 Å². The van der Waals surface area contributed by atoms with Gasteiger partial charge >= 0.3 is 6.09 Å². The maximum Gasteiger partial charge on any atom is 0.409 e. The fraction of sp³-hybridized carbons (Fsp3) is 0.524. The lowest BCUT2D eigenvalue weighted by molar-refractivity contribution is -0.138. The number of ether oxygens (including phenoxy) is 2. The average molecular weight is 451 g/mol. The predicted octanol–water partition coefficient (Wildman–Crippen LogP) is 1.46. The van der Waals surface area contributed by atoms with Gasteiger partial charge in [0.2, 0.25) is 0 Å². The van der Waals surface area contributed by atoms with E-state index < -0.39 is 33.0 Å². The fourth-order valence-electron chi connectivity index (χ4n) is 4.64. The monoisotopic (exact) mass is 450 g/mol. The van der Waals surface area contributed by atoms with Gasteiger partial charge in [0.05, 0.1) is 23.2 Å². The van der Waals surface area contributed by atoms with E-state index >= 15 is 0 Å². The highest BCUT2D eigenvalue weighted by Gasteiger charge is 2.55. The molecule has 31 heavy (non-hydrogen) atoms. The number of carbonyl (C=O) groups excluding carboxylic acids is 2. The zero-order chi connectivity index (χ0) is 22.6. The number of fused-ring (bicyclic) bond motifs is 1. The molecule has 3 rings (SSSR count). The van der Waals surface area contributed by atoms with Crippen molar-refractivity contribution >= 4 is 21.8 Å². The van der Waals surface area contributed by atoms with Crippen LogP contribution in [-0.2, 0) is 19.4 Å². The van der Waals surface area contributed by atoms with Crippen LogP contribution in [0.25, 0.3) is 0 Å². The van der Waals surface area contributed by atoms with E-state index in [2.05, 4.69) is 11.8 Å². The number of carbonyl (C=O) groups is 2. The molecule has 1 aromatic carbocycles. The standard InChI is InChI=1S/C21H26N2O7S/c1-3-4-9-30-17-5-7-18(8-6-17)31(27,28)14-21(19(24)22-26)10-15-12-23(20(25)29-2)13-16(15)11-21/h5-8,15-16,26H,9-14H2,1-2H3,(H,22,24)/t15-,16+,21?. The zero-order valence-corrected chi connectivity index (χ0v) is 18.3. The van der Waals surface area contributed by atoms with Crippen LogP contribution in [-0.4, -0.2) is 63.1 Å². The van der Waals surface area contributed by atoms with Gasteiger partial charge in [-0.1, -0.05) is 5.92 Å². The van der Waals surface area contributed by atoms with Gasteiger partial charge in [0, 0.05) is 13.1 Å². The minimum Gasteiger partial charge on any atom is -0.481 e. The summed E-state index contributed by atoms with van der Waals surface area (Å²) in [5.74, 6) is 4.72. The van der Waals surface area contributed by atoms with Gasteiger partial charge < -0.3 is 14.4 Å². The van der Waals surface area contributed by atoms with Crippen molar-refractivity contribution in [1.82, 2.24) is 10.4 Å². The highest BCUT2D eigenvalue weighted by molar-refractivity contribution is 7.91. The van der Waals surface area contributed by atoms with E-state index in [4.69, 9.17) is 9.47 Å². The maximum absolute atomic E-state index is 13.1. The van der Waals surface area contributed by atoms with Gasteiger partial charge in [0.1, 0.15) is 12.4 Å². The molecule has 1 heterocycles. The van der Waals surface area contributed by atoms with Crippen LogP contribution in [0.15, 0.2) is 29.2 Å². The first kappa shape index (κ1) is 22.9. The molecule has 168 valence electrons. The molecule has 2 aliphatic rings. The van der Waals surface area contributed by atoms with Gasteiger partial charge in [-0.25, -0.2) is 18.7 Å². The van der Waals surface area contributed by atoms with E-state index in [1.165, 1.54) is 19.2 Å². The predicted molar refractivity (Wildman–Crippen MR) is 110 cm³/mol. The molecule has 1 unspecified atom stereocenters. The molecule has 1 aliphatic carbocycles. The molecule has 0 bridgehead atoms. The molecule has 3 atom stereocenters. The van der Waals surface area contributed by atoms with Gasteiger partial charge in [0.15, 0.2) is 9.84 Å². The second-order valence-corrected chi connectivity index (χ2v) is 9.96. The maximum atomic E-state index is 13.1. The fourth-order valence-corrected chi connectivity index (χ4v) is 6.45. The Morgan fingerprint density at radius 2 is 1.84 bits per heavy atom. The second-order valence-electron chi connectivity index (χ2n) is 7.97. The largest absolute Gasteiger partial charge is 0.481 e. The number of hydrogen-bond donors (Lipinski definition) is 2. The van der Waals surface area contributed by atoms with Crippen LogP contribution in [0.5, 0.6) is 5.75 Å². The number of amides is 2. The van der Waals surface area contributed by atoms with Crippen LogP contribution in [0.4, 0.5) is 4.79 Å². The number of rotatable bonds is 6. The van der Waals surface area contributed by atoms with Gasteiger partial charge in [-0.2, -0.15) is 0 Å². The molecular weight excluding hydrogens is 424 g/mol. The van der Waals surface area contributed by atoms with Crippen molar-refractivity contribution in [2.24, 2.45) is 17.3 Å². The number of hydrogen-bond acceptors (Lipinski definition) is 7. The molecule has 0 radical (unpaired) electrons. The van der Waals surface area contributed by atoms with Gasteiger partial charge in [-0.3, -0.25) is 10.0 Å². The normalized spacial score (nSPS) is 24.7. The topological polar surface area (TPSA) is 122 Å². The SMILES string of the molecule is CC#CCOc1ccc(S(=O)(=O)CC2(C(=O)NO)C[C@H]3CN(C(=O)OC)C[C@H]3C2)cc1. The third-order valence-electron chi connectivity index (χ3n) is 6.04. The summed E-state index contributed by atoms with van der Waals surface area (Å²) >= 11 is 0. The van der Waals surface area contributed by atoms with Gasteiger partial charge in [-0.15, -0.1) is 5.92 Å². The molecule has 2 fully saturated rings. The smallest absolute Gasteiger partial charge is 0.409 e. The van der Waals surface area contributed by atoms with Gasteiger partial charge in [0.25, 0.3) is 5.91 Å². The third-order valence-corrected chi connectivity index (χ3v) is 7.96. The molecule has 1 saturated carbocycles. The Balaban J connectivity index is 1.76. The molecule has 1 aromatic rings. The van der Waals surface area contributed by atoms with Gasteiger partial charge in [-0.05, 0) is 55.9 Å². The summed E-state index contributed by atoms with van der Waals surface area (Å²) < 4.78 is 36.4. The van der Waals surface area contributed by atoms with Crippen molar-refractivity contribution < 1.29 is 32.7 Å². The Morgan fingerprint density at radius 3 is 2.35 bits per heavy atom. The summed E-state index contributed by atoms with van der Waals surface area (Å²) in [6.45, 7) is 2.68. The quantitative estimate of drug-likeness (QED) is 0.382. The number of methoxy groups -OCH3 is 1. The van der Waals surface area contributed by atoms with E-state index in [0.29, 0.717) is 18.8 Å². The second kappa shape index (κ2) is 9.16. The number of hydroxylamine groups is 1. The Morgan fingerprint density at radius 1 is 1.23 bits per heavy atom. The highest BCUT2D eigenvalue weighted by atomic mass is 32.2. The number of nitrogens with one attached hydrogen (secondary N) is 1. The van der Waals surface area contributed by atoms with E-state index in [1.807, 2.05) is 0 Å². The van der Waals surface area contributed by atoms with E-state index in [9.17, 15) is 23.2 Å². The minimum absolute atomic E-state index is 0.0398. The van der Waals surface area contributed by atoms with Crippen LogP contribution >= 0.6 is 0 Å². The van der Waals surface area contributed by atoms with Crippen LogP contribution in [0.3, 0.4) is 0 Å². The molecular formula is C21H26N2O7S. The van der Waals surface area contributed by atoms with Crippen molar-refractivity contribution in [3.63, 3.8) is 0 Å². The third kappa shape index (κ3) is 4.78. The van der Waals surface area contributed by atoms with Crippen LogP contribution in [0.2, 0.25) is 0 Å². The van der Waals surface area contributed by atoms with Crippen LogP contribution < -0.4 is 10.2 Å². The van der Waals surface area contributed by atoms with E-state index in [0.717, 1.165) is 0 Å². The summed E-state index contributed by atoms with van der Waals surface area (Å²) in [6.07, 6.45) is 0.0767.